The summed E-state index contributed by atoms with van der Waals surface area (Å²) in [5.74, 6) is 3.24. The number of rotatable bonds is 3. The molecule has 4 aromatic heterocycles. The number of hydrogen-bond acceptors (Lipinski definition) is 5. The van der Waals surface area contributed by atoms with Crippen LogP contribution in [0.25, 0.3) is 66.4 Å². The Kier molecular flexibility index (Phi) is 7.03. The molecule has 8 aromatic carbocycles. The summed E-state index contributed by atoms with van der Waals surface area (Å²) in [6, 6.07) is 71.2. The zero-order chi connectivity index (χ0) is 43.1. The number of ether oxygens (including phenoxy) is 2. The molecule has 308 valence electrons. The molecule has 2 aliphatic heterocycles. The van der Waals surface area contributed by atoms with Gasteiger partial charge in [-0.2, -0.15) is 0 Å². The highest BCUT2D eigenvalue weighted by atomic mass is 16.5. The third kappa shape index (κ3) is 4.60. The van der Waals surface area contributed by atoms with Gasteiger partial charge in [0.25, 0.3) is 0 Å². The topological polar surface area (TPSA) is 57.3 Å². The molecule has 66 heavy (non-hydrogen) atoms. The van der Waals surface area contributed by atoms with Crippen LogP contribution in [-0.2, 0) is 5.41 Å². The Labute approximate surface area is 378 Å². The quantitative estimate of drug-likeness (QED) is 0.177. The van der Waals surface area contributed by atoms with Crippen molar-refractivity contribution < 1.29 is 9.47 Å². The molecule has 0 bridgehead atoms. The number of nitrogens with zero attached hydrogens (tertiary/aromatic N) is 5. The first-order valence-corrected chi connectivity index (χ1v) is 22.3. The Hall–Kier alpha value is -8.94. The summed E-state index contributed by atoms with van der Waals surface area (Å²) in [6.45, 7) is 0. The first kappa shape index (κ1) is 35.5. The molecule has 0 radical (unpaired) electrons. The summed E-state index contributed by atoms with van der Waals surface area (Å²) < 4.78 is 18.4. The van der Waals surface area contributed by atoms with Crippen molar-refractivity contribution in [3.05, 3.63) is 235 Å². The number of fused-ring (bicyclic) bond motifs is 17. The lowest BCUT2D eigenvalue weighted by atomic mass is 9.66. The van der Waals surface area contributed by atoms with Gasteiger partial charge in [0, 0.05) is 74.3 Å². The highest BCUT2D eigenvalue weighted by Crippen LogP contribution is 2.62. The summed E-state index contributed by atoms with van der Waals surface area (Å²) in [7, 11) is 0. The van der Waals surface area contributed by atoms with Crippen molar-refractivity contribution in [2.24, 2.45) is 0 Å². The molecule has 12 aromatic rings. The standard InChI is InChI=1S/C59H35N5O2/c1-4-18-47-39(13-1)40-14-2-5-19-48(40)62(47)37-25-28-43-55(34-37)66-56-35-38(26-29-44(56)59(43)45-16-11-31-60-57(45)58-46(59)17-12-32-61-58)63-49-20-6-3-15-41(49)42-33-36(27-30-50(42)63)64-51-21-7-9-23-53(51)65-54-24-10-8-22-52(54)64/h1-35H. The average molecular weight is 846 g/mol. The van der Waals surface area contributed by atoms with Crippen molar-refractivity contribution in [3.63, 3.8) is 0 Å². The molecule has 15 rings (SSSR count). The first-order chi connectivity index (χ1) is 32.7. The molecule has 6 heterocycles. The Bertz CT molecular complexity index is 3910. The fourth-order valence-corrected chi connectivity index (χ4v) is 11.4. The van der Waals surface area contributed by atoms with Crippen molar-refractivity contribution in [1.82, 2.24) is 19.1 Å². The average Bonchev–Trinajstić information content (AvgIpc) is 4.00. The van der Waals surface area contributed by atoms with Gasteiger partial charge in [-0.25, -0.2) is 0 Å². The molecule has 0 unspecified atom stereocenters. The third-order valence-corrected chi connectivity index (χ3v) is 14.0. The van der Waals surface area contributed by atoms with Gasteiger partial charge in [-0.05, 0) is 96.1 Å². The Balaban J connectivity index is 0.954. The molecule has 3 aliphatic rings. The van der Waals surface area contributed by atoms with E-state index in [2.05, 4.69) is 178 Å². The normalized spacial score (nSPS) is 13.8. The zero-order valence-corrected chi connectivity index (χ0v) is 35.3. The predicted octanol–water partition coefficient (Wildman–Crippen LogP) is 14.7. The Morgan fingerprint density at radius 1 is 0.333 bits per heavy atom. The largest absolute Gasteiger partial charge is 0.457 e. The third-order valence-electron chi connectivity index (χ3n) is 14.0. The van der Waals surface area contributed by atoms with Crippen LogP contribution < -0.4 is 14.4 Å². The lowest BCUT2D eigenvalue weighted by Gasteiger charge is -2.39. The van der Waals surface area contributed by atoms with Crippen LogP contribution in [0.2, 0.25) is 0 Å². The Morgan fingerprint density at radius 2 is 0.773 bits per heavy atom. The lowest BCUT2D eigenvalue weighted by molar-refractivity contribution is 0.436. The van der Waals surface area contributed by atoms with Crippen LogP contribution in [-0.4, -0.2) is 19.1 Å². The number of hydrogen-bond donors (Lipinski definition) is 0. The van der Waals surface area contributed by atoms with Crippen LogP contribution in [0.15, 0.2) is 213 Å². The number of benzene rings is 8. The zero-order valence-electron chi connectivity index (χ0n) is 35.3. The maximum Gasteiger partial charge on any atom is 0.151 e. The van der Waals surface area contributed by atoms with Crippen LogP contribution in [0.5, 0.6) is 23.0 Å². The molecule has 7 nitrogen and oxygen atoms in total. The van der Waals surface area contributed by atoms with E-state index in [-0.39, 0.29) is 0 Å². The van der Waals surface area contributed by atoms with E-state index < -0.39 is 5.41 Å². The number of anilines is 3. The van der Waals surface area contributed by atoms with E-state index in [1.54, 1.807) is 0 Å². The molecule has 0 atom stereocenters. The molecule has 0 N–H and O–H groups in total. The summed E-state index contributed by atoms with van der Waals surface area (Å²) in [5, 5.41) is 4.74. The van der Waals surface area contributed by atoms with E-state index in [1.165, 1.54) is 10.8 Å². The van der Waals surface area contributed by atoms with Crippen molar-refractivity contribution >= 4 is 60.7 Å². The van der Waals surface area contributed by atoms with Crippen LogP contribution in [0.3, 0.4) is 0 Å². The van der Waals surface area contributed by atoms with Gasteiger partial charge in [-0.3, -0.25) is 9.97 Å². The molecular formula is C59H35N5O2. The molecule has 0 saturated heterocycles. The van der Waals surface area contributed by atoms with Crippen molar-refractivity contribution in [2.75, 3.05) is 4.90 Å². The minimum atomic E-state index is -0.728. The highest BCUT2D eigenvalue weighted by Gasteiger charge is 2.52. The molecule has 0 amide bonds. The van der Waals surface area contributed by atoms with Gasteiger partial charge in [0.05, 0.1) is 50.2 Å². The van der Waals surface area contributed by atoms with Gasteiger partial charge in [0.1, 0.15) is 11.5 Å². The molecule has 7 heteroatoms. The van der Waals surface area contributed by atoms with Crippen LogP contribution >= 0.6 is 0 Å². The summed E-state index contributed by atoms with van der Waals surface area (Å²) in [4.78, 5) is 12.3. The van der Waals surface area contributed by atoms with E-state index in [0.29, 0.717) is 0 Å². The first-order valence-electron chi connectivity index (χ1n) is 22.3. The van der Waals surface area contributed by atoms with Crippen LogP contribution in [0.1, 0.15) is 22.3 Å². The van der Waals surface area contributed by atoms with Gasteiger partial charge in [0.2, 0.25) is 0 Å². The van der Waals surface area contributed by atoms with E-state index in [1.807, 2.05) is 48.8 Å². The van der Waals surface area contributed by atoms with Crippen molar-refractivity contribution in [3.8, 4) is 45.8 Å². The molecule has 0 fully saturated rings. The van der Waals surface area contributed by atoms with E-state index >= 15 is 0 Å². The number of para-hydroxylation sites is 7. The summed E-state index contributed by atoms with van der Waals surface area (Å²) >= 11 is 0. The van der Waals surface area contributed by atoms with Gasteiger partial charge in [-0.1, -0.05) is 103 Å². The van der Waals surface area contributed by atoms with Crippen molar-refractivity contribution in [2.45, 2.75) is 5.41 Å². The van der Waals surface area contributed by atoms with Gasteiger partial charge >= 0.3 is 0 Å². The molecule has 0 saturated carbocycles. The lowest BCUT2D eigenvalue weighted by Crippen LogP contribution is -2.32. The van der Waals surface area contributed by atoms with E-state index in [4.69, 9.17) is 19.4 Å². The SMILES string of the molecule is c1ccc2c(c1)Oc1ccccc1N2c1ccc2c(c1)c1ccccc1n2-c1ccc2c(c1)Oc1cc(-n3c4ccccc4c4ccccc43)ccc1C21c2cccnc2-c2ncccc21. The van der Waals surface area contributed by atoms with E-state index in [0.717, 1.165) is 118 Å². The van der Waals surface area contributed by atoms with Gasteiger partial charge in [0.15, 0.2) is 11.5 Å². The van der Waals surface area contributed by atoms with Gasteiger partial charge < -0.3 is 23.5 Å². The number of pyridine rings is 2. The maximum absolute atomic E-state index is 7.30. The smallest absolute Gasteiger partial charge is 0.151 e. The second-order valence-corrected chi connectivity index (χ2v) is 17.3. The summed E-state index contributed by atoms with van der Waals surface area (Å²) in [5.41, 5.74) is 15.0. The summed E-state index contributed by atoms with van der Waals surface area (Å²) in [6.07, 6.45) is 3.74. The second-order valence-electron chi connectivity index (χ2n) is 17.3. The van der Waals surface area contributed by atoms with Crippen LogP contribution in [0.4, 0.5) is 17.1 Å². The minimum Gasteiger partial charge on any atom is -0.457 e. The van der Waals surface area contributed by atoms with Gasteiger partial charge in [-0.15, -0.1) is 0 Å². The predicted molar refractivity (Wildman–Crippen MR) is 263 cm³/mol. The number of aromatic nitrogens is 4. The van der Waals surface area contributed by atoms with Crippen LogP contribution in [0, 0.1) is 0 Å². The molecular weight excluding hydrogens is 811 g/mol. The highest BCUT2D eigenvalue weighted by molar-refractivity contribution is 6.11. The monoisotopic (exact) mass is 845 g/mol. The maximum atomic E-state index is 7.30. The molecule has 1 aliphatic carbocycles. The van der Waals surface area contributed by atoms with E-state index in [9.17, 15) is 0 Å². The fraction of sp³-hybridized carbons (Fsp3) is 0.0169. The minimum absolute atomic E-state index is 0.728. The second kappa shape index (κ2) is 13.1. The fourth-order valence-electron chi connectivity index (χ4n) is 11.4. The van der Waals surface area contributed by atoms with Crippen molar-refractivity contribution in [1.29, 1.82) is 0 Å². The Morgan fingerprint density at radius 3 is 1.32 bits per heavy atom. The molecule has 1 spiro atoms.